The van der Waals surface area contributed by atoms with Crippen LogP contribution in [0.4, 0.5) is 0 Å². The van der Waals surface area contributed by atoms with Gasteiger partial charge in [-0.3, -0.25) is 19.2 Å². The predicted molar refractivity (Wildman–Crippen MR) is 203 cm³/mol. The Balaban J connectivity index is 1.22. The molecule has 0 radical (unpaired) electrons. The molecular weight excluding hydrogens is 688 g/mol. The van der Waals surface area contributed by atoms with E-state index >= 15 is 0 Å². The molecule has 11 nitrogen and oxygen atoms in total. The second-order valence-corrected chi connectivity index (χ2v) is 19.5. The molecule has 3 saturated carbocycles. The minimum atomic E-state index is -0.853. The number of carboxylic acid groups (broad SMARTS) is 1. The van der Waals surface area contributed by atoms with Crippen LogP contribution < -0.4 is 11.1 Å². The van der Waals surface area contributed by atoms with Gasteiger partial charge in [0.1, 0.15) is 18.2 Å². The van der Waals surface area contributed by atoms with Crippen LogP contribution in [0.5, 0.6) is 0 Å². The van der Waals surface area contributed by atoms with Crippen LogP contribution in [-0.4, -0.2) is 80.1 Å². The second kappa shape index (κ2) is 15.1. The molecule has 4 N–H and O–H groups in total. The van der Waals surface area contributed by atoms with Crippen molar-refractivity contribution in [3.05, 3.63) is 11.6 Å². The molecule has 0 spiro atoms. The monoisotopic (exact) mass is 756 g/mol. The van der Waals surface area contributed by atoms with Gasteiger partial charge in [-0.15, -0.1) is 0 Å². The summed E-state index contributed by atoms with van der Waals surface area (Å²) >= 11 is 0. The molecule has 0 aromatic carbocycles. The molecule has 6 aliphatic rings. The standard InChI is InChI=1S/C43H68N2O9/c1-25(2)26(3)39(5)17-18-41(7)29-12-13-33-40(6)23-52-24-43(33,30(29)14-16-42(41,8)34(39)37(48)49)21-32(53-27(4)46)35(40)54-38(50)31(44)11-9-10-19-45-36(47)28-15-20-51-22-28/h14,25-26,28-29,31-35H,9-13,15-24,44H2,1-8H3,(H,45,47)(H,48,49)/t26-,28?,29+,31?,32-,33+,34-,35+,39-,40-,41-,42+,43-/m1/s1. The van der Waals surface area contributed by atoms with Gasteiger partial charge in [-0.25, -0.2) is 0 Å². The van der Waals surface area contributed by atoms with Crippen LogP contribution in [-0.2, 0) is 38.1 Å². The lowest BCUT2D eigenvalue weighted by atomic mass is 9.34. The zero-order chi connectivity index (χ0) is 39.4. The molecule has 11 heteroatoms. The van der Waals surface area contributed by atoms with Gasteiger partial charge in [0.05, 0.1) is 31.7 Å². The predicted octanol–water partition coefficient (Wildman–Crippen LogP) is 6.07. The molecular formula is C43H68N2O9. The molecule has 1 amide bonds. The van der Waals surface area contributed by atoms with Crippen molar-refractivity contribution in [1.29, 1.82) is 0 Å². The van der Waals surface area contributed by atoms with Crippen molar-refractivity contribution in [1.82, 2.24) is 5.32 Å². The van der Waals surface area contributed by atoms with Crippen LogP contribution >= 0.6 is 0 Å². The van der Waals surface area contributed by atoms with Gasteiger partial charge in [0.2, 0.25) is 5.91 Å². The Morgan fingerprint density at radius 3 is 2.37 bits per heavy atom. The van der Waals surface area contributed by atoms with E-state index in [1.54, 1.807) is 0 Å². The number of unbranched alkanes of at least 4 members (excludes halogenated alkanes) is 1. The highest BCUT2D eigenvalue weighted by Gasteiger charge is 2.72. The van der Waals surface area contributed by atoms with E-state index in [9.17, 15) is 24.3 Å². The molecule has 0 aromatic heterocycles. The van der Waals surface area contributed by atoms with E-state index in [2.05, 4.69) is 59.9 Å². The third-order valence-corrected chi connectivity index (χ3v) is 16.5. The molecule has 54 heavy (non-hydrogen) atoms. The number of rotatable bonds is 12. The van der Waals surface area contributed by atoms with Crippen molar-refractivity contribution in [3.63, 3.8) is 0 Å². The van der Waals surface area contributed by atoms with Gasteiger partial charge in [0.15, 0.2) is 0 Å². The summed E-state index contributed by atoms with van der Waals surface area (Å²) in [5.74, 6) is -1.28. The Hall–Kier alpha value is -2.50. The van der Waals surface area contributed by atoms with E-state index in [4.69, 9.17) is 24.7 Å². The molecule has 5 fully saturated rings. The minimum Gasteiger partial charge on any atom is -0.481 e. The summed E-state index contributed by atoms with van der Waals surface area (Å²) < 4.78 is 24.3. The number of aliphatic carboxylic acids is 1. The Labute approximate surface area is 322 Å². The lowest BCUT2D eigenvalue weighted by molar-refractivity contribution is -0.263. The first kappa shape index (κ1) is 41.1. The molecule has 304 valence electrons. The quantitative estimate of drug-likeness (QED) is 0.121. The van der Waals surface area contributed by atoms with Gasteiger partial charge in [-0.1, -0.05) is 60.1 Å². The molecule has 6 rings (SSSR count). The number of hydrogen-bond donors (Lipinski definition) is 3. The summed E-state index contributed by atoms with van der Waals surface area (Å²) in [7, 11) is 0. The van der Waals surface area contributed by atoms with E-state index in [1.165, 1.54) is 12.5 Å². The molecule has 2 saturated heterocycles. The zero-order valence-corrected chi connectivity index (χ0v) is 34.2. The van der Waals surface area contributed by atoms with Gasteiger partial charge in [-0.2, -0.15) is 0 Å². The van der Waals surface area contributed by atoms with Gasteiger partial charge >= 0.3 is 17.9 Å². The number of carbonyl (C=O) groups is 4. The van der Waals surface area contributed by atoms with E-state index < -0.39 is 58.3 Å². The number of allylic oxidation sites excluding steroid dienone is 1. The maximum atomic E-state index is 13.7. The average molecular weight is 757 g/mol. The fourth-order valence-corrected chi connectivity index (χ4v) is 13.0. The van der Waals surface area contributed by atoms with Gasteiger partial charge in [0.25, 0.3) is 0 Å². The number of nitrogens with one attached hydrogen (secondary N) is 1. The lowest BCUT2D eigenvalue weighted by Gasteiger charge is -2.71. The number of esters is 2. The molecule has 2 unspecified atom stereocenters. The van der Waals surface area contributed by atoms with E-state index in [0.717, 1.165) is 32.1 Å². The first-order chi connectivity index (χ1) is 25.4. The van der Waals surface area contributed by atoms with E-state index in [-0.39, 0.29) is 40.4 Å². The Kier molecular flexibility index (Phi) is 11.5. The number of nitrogens with two attached hydrogens (primary N) is 1. The van der Waals surface area contributed by atoms with E-state index in [0.29, 0.717) is 71.0 Å². The van der Waals surface area contributed by atoms with Gasteiger partial charge in [0, 0.05) is 30.9 Å². The summed E-state index contributed by atoms with van der Waals surface area (Å²) in [4.78, 5) is 52.1. The second-order valence-electron chi connectivity index (χ2n) is 19.5. The average Bonchev–Trinajstić information content (AvgIpc) is 3.65. The van der Waals surface area contributed by atoms with Crippen LogP contribution in [0.15, 0.2) is 11.6 Å². The van der Waals surface area contributed by atoms with Crippen LogP contribution in [0.25, 0.3) is 0 Å². The highest BCUT2D eigenvalue weighted by Crippen LogP contribution is 2.75. The van der Waals surface area contributed by atoms with E-state index in [1.807, 2.05) is 0 Å². The fraction of sp³-hybridized carbons (Fsp3) is 0.860. The van der Waals surface area contributed by atoms with Gasteiger partial charge in [-0.05, 0) is 104 Å². The van der Waals surface area contributed by atoms with Crippen LogP contribution in [0.3, 0.4) is 0 Å². The number of fused-ring (bicyclic) bond motifs is 3. The largest absolute Gasteiger partial charge is 0.481 e. The molecule has 0 aromatic rings. The molecule has 2 heterocycles. The van der Waals surface area contributed by atoms with Crippen molar-refractivity contribution in [2.24, 2.45) is 68.3 Å². The van der Waals surface area contributed by atoms with Gasteiger partial charge < -0.3 is 35.1 Å². The summed E-state index contributed by atoms with van der Waals surface area (Å²) in [6.45, 7) is 19.5. The number of carbonyl (C=O) groups excluding carboxylic acids is 3. The number of amides is 1. The Morgan fingerprint density at radius 1 is 0.981 bits per heavy atom. The number of carboxylic acids is 1. The van der Waals surface area contributed by atoms with Crippen molar-refractivity contribution in [2.75, 3.05) is 33.0 Å². The topological polar surface area (TPSA) is 163 Å². The summed E-state index contributed by atoms with van der Waals surface area (Å²) in [5.41, 5.74) is 5.68. The van der Waals surface area contributed by atoms with Crippen LogP contribution in [0.2, 0.25) is 0 Å². The summed E-state index contributed by atoms with van der Waals surface area (Å²) in [6, 6.07) is -0.853. The van der Waals surface area contributed by atoms with Crippen LogP contribution in [0.1, 0.15) is 120 Å². The fourth-order valence-electron chi connectivity index (χ4n) is 13.0. The molecule has 13 atom stereocenters. The van der Waals surface area contributed by atoms with Crippen molar-refractivity contribution < 1.29 is 43.2 Å². The van der Waals surface area contributed by atoms with Crippen molar-refractivity contribution in [3.8, 4) is 0 Å². The third kappa shape index (κ3) is 6.63. The number of hydrogen-bond acceptors (Lipinski definition) is 9. The number of ether oxygens (including phenoxy) is 4. The summed E-state index contributed by atoms with van der Waals surface area (Å²) in [6.07, 6.45) is 8.22. The maximum absolute atomic E-state index is 13.7. The highest BCUT2D eigenvalue weighted by molar-refractivity contribution is 5.79. The first-order valence-corrected chi connectivity index (χ1v) is 20.9. The van der Waals surface area contributed by atoms with Crippen molar-refractivity contribution >= 4 is 23.8 Å². The molecule has 2 aliphatic heterocycles. The molecule has 4 aliphatic carbocycles. The lowest BCUT2D eigenvalue weighted by Crippen LogP contribution is -2.70. The Morgan fingerprint density at radius 2 is 1.72 bits per heavy atom. The smallest absolute Gasteiger partial charge is 0.323 e. The minimum absolute atomic E-state index is 0.00708. The normalized spacial score (nSPS) is 42.4. The SMILES string of the molecule is CC(=O)O[C@@H]1C[C@]23COC[C@](C)([C@@H]2CC[C@H]2C3=CC[C@@]3(C)[C@H](C(=O)O)[C@@](C)([C@H](C)C(C)C)CC[C@]23C)[C@H]1OC(=O)C(N)CCCCNC(=O)C1CCOC1. The third-order valence-electron chi connectivity index (χ3n) is 16.5. The van der Waals surface area contributed by atoms with Crippen molar-refractivity contribution in [2.45, 2.75) is 138 Å². The first-order valence-electron chi connectivity index (χ1n) is 20.9. The summed E-state index contributed by atoms with van der Waals surface area (Å²) in [5, 5.41) is 14.0. The molecule has 2 bridgehead atoms. The zero-order valence-electron chi connectivity index (χ0n) is 34.2. The Bertz CT molecular complexity index is 1490. The maximum Gasteiger partial charge on any atom is 0.323 e. The highest BCUT2D eigenvalue weighted by atomic mass is 16.6. The van der Waals surface area contributed by atoms with Crippen LogP contribution in [0, 0.1) is 62.6 Å².